The van der Waals surface area contributed by atoms with Gasteiger partial charge in [-0.05, 0) is 43.6 Å². The highest BCUT2D eigenvalue weighted by Gasteiger charge is 2.43. The molecule has 1 spiro atoms. The van der Waals surface area contributed by atoms with Crippen molar-refractivity contribution >= 4 is 5.96 Å². The van der Waals surface area contributed by atoms with E-state index in [4.69, 9.17) is 0 Å². The number of hydrogen-bond acceptors (Lipinski definition) is 2. The molecule has 1 aliphatic heterocycles. The number of likely N-dealkylation sites (tertiary alicyclic amines) is 1. The average molecular weight is 316 g/mol. The van der Waals surface area contributed by atoms with Crippen LogP contribution in [0.15, 0.2) is 34.2 Å². The predicted molar refractivity (Wildman–Crippen MR) is 93.8 cm³/mol. The summed E-state index contributed by atoms with van der Waals surface area (Å²) in [4.78, 5) is 18.5. The van der Waals surface area contributed by atoms with Gasteiger partial charge in [-0.1, -0.05) is 12.5 Å². The summed E-state index contributed by atoms with van der Waals surface area (Å²) >= 11 is 0. The molecule has 0 bridgehead atoms. The van der Waals surface area contributed by atoms with E-state index in [0.717, 1.165) is 38.4 Å². The number of nitrogens with one attached hydrogen (secondary N) is 1. The van der Waals surface area contributed by atoms with Crippen LogP contribution in [0.3, 0.4) is 0 Å². The van der Waals surface area contributed by atoms with Gasteiger partial charge in [0.05, 0.1) is 0 Å². The molecule has 1 N–H and O–H groups in total. The molecule has 2 aliphatic rings. The van der Waals surface area contributed by atoms with Gasteiger partial charge in [-0.15, -0.1) is 0 Å². The fourth-order valence-electron chi connectivity index (χ4n) is 3.79. The van der Waals surface area contributed by atoms with Gasteiger partial charge in [-0.25, -0.2) is 0 Å². The second kappa shape index (κ2) is 7.20. The molecule has 0 unspecified atom stereocenters. The van der Waals surface area contributed by atoms with E-state index in [2.05, 4.69) is 15.2 Å². The molecule has 1 aromatic rings. The van der Waals surface area contributed by atoms with E-state index in [1.165, 1.54) is 32.2 Å². The third kappa shape index (κ3) is 3.77. The molecule has 3 rings (SSSR count). The average Bonchev–Trinajstić information content (AvgIpc) is 2.98. The molecular weight excluding hydrogens is 288 g/mol. The Hall–Kier alpha value is -1.78. The van der Waals surface area contributed by atoms with Gasteiger partial charge in [0.25, 0.3) is 0 Å². The lowest BCUT2D eigenvalue weighted by molar-refractivity contribution is 0.151. The number of aryl methyl sites for hydroxylation is 1. The van der Waals surface area contributed by atoms with Crippen LogP contribution in [0.4, 0.5) is 0 Å². The van der Waals surface area contributed by atoms with E-state index in [1.54, 1.807) is 16.7 Å². The molecule has 1 aliphatic carbocycles. The number of aromatic nitrogens is 1. The fourth-order valence-corrected chi connectivity index (χ4v) is 3.79. The van der Waals surface area contributed by atoms with E-state index in [1.807, 2.05) is 19.3 Å². The summed E-state index contributed by atoms with van der Waals surface area (Å²) in [6.45, 7) is 4.01. The van der Waals surface area contributed by atoms with E-state index in [9.17, 15) is 4.79 Å². The first-order valence-electron chi connectivity index (χ1n) is 8.84. The van der Waals surface area contributed by atoms with Crippen LogP contribution in [0.2, 0.25) is 0 Å². The molecule has 2 heterocycles. The first kappa shape index (κ1) is 16.1. The minimum Gasteiger partial charge on any atom is -0.356 e. The maximum Gasteiger partial charge on any atom is 0.250 e. The highest BCUT2D eigenvalue weighted by atomic mass is 16.1. The van der Waals surface area contributed by atoms with Crippen molar-refractivity contribution in [3.63, 3.8) is 0 Å². The third-order valence-electron chi connectivity index (χ3n) is 5.37. The zero-order valence-electron chi connectivity index (χ0n) is 14.1. The van der Waals surface area contributed by atoms with Crippen LogP contribution in [0.5, 0.6) is 0 Å². The van der Waals surface area contributed by atoms with Crippen molar-refractivity contribution in [1.29, 1.82) is 0 Å². The molecule has 5 nitrogen and oxygen atoms in total. The Morgan fingerprint density at radius 1 is 1.30 bits per heavy atom. The summed E-state index contributed by atoms with van der Waals surface area (Å²) in [5, 5.41) is 3.49. The highest BCUT2D eigenvalue weighted by molar-refractivity contribution is 5.80. The zero-order valence-corrected chi connectivity index (χ0v) is 14.1. The number of pyridine rings is 1. The largest absolute Gasteiger partial charge is 0.356 e. The molecule has 0 aromatic carbocycles. The van der Waals surface area contributed by atoms with Crippen molar-refractivity contribution in [3.05, 3.63) is 34.7 Å². The number of hydrogen-bond donors (Lipinski definition) is 1. The molecule has 2 fully saturated rings. The molecule has 23 heavy (non-hydrogen) atoms. The monoisotopic (exact) mass is 316 g/mol. The lowest BCUT2D eigenvalue weighted by atomic mass is 9.68. The van der Waals surface area contributed by atoms with Gasteiger partial charge in [-0.2, -0.15) is 0 Å². The van der Waals surface area contributed by atoms with Crippen LogP contribution >= 0.6 is 0 Å². The van der Waals surface area contributed by atoms with E-state index >= 15 is 0 Å². The van der Waals surface area contributed by atoms with Gasteiger partial charge in [0.2, 0.25) is 5.56 Å². The summed E-state index contributed by atoms with van der Waals surface area (Å²) in [6, 6.07) is 5.31. The molecule has 0 radical (unpaired) electrons. The van der Waals surface area contributed by atoms with Crippen LogP contribution in [0.25, 0.3) is 0 Å². The van der Waals surface area contributed by atoms with Gasteiger partial charge in [0.15, 0.2) is 5.96 Å². The molecular formula is C18H28N4O. The van der Waals surface area contributed by atoms with Gasteiger partial charge >= 0.3 is 0 Å². The van der Waals surface area contributed by atoms with E-state index in [-0.39, 0.29) is 5.56 Å². The van der Waals surface area contributed by atoms with Crippen molar-refractivity contribution in [2.75, 3.05) is 26.7 Å². The molecule has 0 amide bonds. The summed E-state index contributed by atoms with van der Waals surface area (Å²) in [6.07, 6.45) is 9.41. The highest BCUT2D eigenvalue weighted by Crippen LogP contribution is 2.47. The fraction of sp³-hybridized carbons (Fsp3) is 0.667. The second-order valence-electron chi connectivity index (χ2n) is 6.94. The van der Waals surface area contributed by atoms with Crippen LogP contribution < -0.4 is 10.9 Å². The second-order valence-corrected chi connectivity index (χ2v) is 6.94. The Kier molecular flexibility index (Phi) is 5.03. The third-order valence-corrected chi connectivity index (χ3v) is 5.37. The summed E-state index contributed by atoms with van der Waals surface area (Å²) in [7, 11) is 1.87. The number of unbranched alkanes of at least 4 members (excludes halogenated alkanes) is 1. The summed E-state index contributed by atoms with van der Waals surface area (Å²) in [5.74, 6) is 1.05. The first-order chi connectivity index (χ1) is 11.2. The SMILES string of the molecule is CN=C(NCCCCn1ccccc1=O)N1CCC2(CCC2)C1. The van der Waals surface area contributed by atoms with Crippen LogP contribution in [0.1, 0.15) is 38.5 Å². The maximum absolute atomic E-state index is 11.6. The van der Waals surface area contributed by atoms with Gasteiger partial charge in [0, 0.05) is 45.5 Å². The normalized spacial score (nSPS) is 19.9. The minimum absolute atomic E-state index is 0.0825. The van der Waals surface area contributed by atoms with Gasteiger partial charge < -0.3 is 14.8 Å². The molecule has 5 heteroatoms. The number of nitrogens with zero attached hydrogens (tertiary/aromatic N) is 3. The molecule has 1 aromatic heterocycles. The van der Waals surface area contributed by atoms with Gasteiger partial charge in [0.1, 0.15) is 0 Å². The van der Waals surface area contributed by atoms with Crippen LogP contribution in [-0.4, -0.2) is 42.1 Å². The van der Waals surface area contributed by atoms with Crippen molar-refractivity contribution in [2.45, 2.75) is 45.1 Å². The van der Waals surface area contributed by atoms with Crippen LogP contribution in [-0.2, 0) is 6.54 Å². The van der Waals surface area contributed by atoms with Crippen molar-refractivity contribution in [3.8, 4) is 0 Å². The molecule has 1 saturated carbocycles. The minimum atomic E-state index is 0.0825. The van der Waals surface area contributed by atoms with E-state index < -0.39 is 0 Å². The quantitative estimate of drug-likeness (QED) is 0.514. The molecule has 126 valence electrons. The topological polar surface area (TPSA) is 49.6 Å². The standard InChI is InChI=1S/C18H28N4O/c1-19-17(22-14-10-18(15-22)8-6-9-18)20-11-3-5-13-21-12-4-2-7-16(21)23/h2,4,7,12H,3,5-6,8-11,13-15H2,1H3,(H,19,20). The Labute approximate surface area is 138 Å². The maximum atomic E-state index is 11.6. The number of aliphatic imine (C=N–C) groups is 1. The number of guanidine groups is 1. The van der Waals surface area contributed by atoms with Gasteiger partial charge in [-0.3, -0.25) is 9.79 Å². The lowest BCUT2D eigenvalue weighted by Crippen LogP contribution is -2.42. The Bertz CT molecular complexity index is 603. The molecule has 1 saturated heterocycles. The van der Waals surface area contributed by atoms with Crippen LogP contribution in [0, 0.1) is 5.41 Å². The molecule has 0 atom stereocenters. The van der Waals surface area contributed by atoms with Crippen molar-refractivity contribution in [1.82, 2.24) is 14.8 Å². The smallest absolute Gasteiger partial charge is 0.250 e. The Morgan fingerprint density at radius 3 is 2.83 bits per heavy atom. The Morgan fingerprint density at radius 2 is 2.17 bits per heavy atom. The van der Waals surface area contributed by atoms with Crippen molar-refractivity contribution < 1.29 is 0 Å². The summed E-state index contributed by atoms with van der Waals surface area (Å²) < 4.78 is 1.77. The number of rotatable bonds is 5. The zero-order chi connectivity index (χ0) is 16.1. The van der Waals surface area contributed by atoms with Crippen molar-refractivity contribution in [2.24, 2.45) is 10.4 Å². The van der Waals surface area contributed by atoms with E-state index in [0.29, 0.717) is 5.41 Å². The Balaban J connectivity index is 1.38. The summed E-state index contributed by atoms with van der Waals surface area (Å²) in [5.41, 5.74) is 0.686. The predicted octanol–water partition coefficient (Wildman–Crippen LogP) is 2.08. The first-order valence-corrected chi connectivity index (χ1v) is 8.84. The lowest BCUT2D eigenvalue weighted by Gasteiger charge is -2.38.